The van der Waals surface area contributed by atoms with Crippen LogP contribution in [-0.4, -0.2) is 16.5 Å². The van der Waals surface area contributed by atoms with Gasteiger partial charge in [-0.15, -0.1) is 11.8 Å². The molecule has 0 radical (unpaired) electrons. The van der Waals surface area contributed by atoms with Crippen molar-refractivity contribution >= 4 is 17.6 Å². The molecule has 1 heterocycles. The molecule has 0 spiro atoms. The molecule has 1 aliphatic rings. The maximum atomic E-state index is 4.58. The van der Waals surface area contributed by atoms with Gasteiger partial charge >= 0.3 is 0 Å². The number of rotatable bonds is 6. The number of thioether (sulfide) groups is 1. The van der Waals surface area contributed by atoms with Crippen LogP contribution in [0.1, 0.15) is 18.4 Å². The second-order valence-corrected chi connectivity index (χ2v) is 5.84. The molecule has 1 saturated carbocycles. The maximum absolute atomic E-state index is 4.58. The molecule has 3 rings (SSSR count). The molecule has 2 aromatic rings. The fourth-order valence-corrected chi connectivity index (χ4v) is 2.61. The molecule has 0 saturated heterocycles. The minimum absolute atomic E-state index is 0.849. The van der Waals surface area contributed by atoms with E-state index in [0.717, 1.165) is 29.1 Å². The minimum Gasteiger partial charge on any atom is -0.368 e. The van der Waals surface area contributed by atoms with Crippen molar-refractivity contribution in [3.63, 3.8) is 0 Å². The SMILES string of the molecule is c1ccc(CSc2cncc(NCC3CC3)n2)cc1. The van der Waals surface area contributed by atoms with E-state index in [1.165, 1.54) is 18.4 Å². The topological polar surface area (TPSA) is 37.8 Å². The number of benzene rings is 1. The average molecular weight is 271 g/mol. The number of anilines is 1. The summed E-state index contributed by atoms with van der Waals surface area (Å²) in [5.41, 5.74) is 1.31. The molecule has 1 fully saturated rings. The zero-order chi connectivity index (χ0) is 12.9. The monoisotopic (exact) mass is 271 g/mol. The number of hydrogen-bond acceptors (Lipinski definition) is 4. The van der Waals surface area contributed by atoms with Crippen molar-refractivity contribution in [3.05, 3.63) is 48.3 Å². The van der Waals surface area contributed by atoms with E-state index in [1.54, 1.807) is 18.0 Å². The highest BCUT2D eigenvalue weighted by Gasteiger charge is 2.20. The van der Waals surface area contributed by atoms with Crippen molar-refractivity contribution in [2.24, 2.45) is 5.92 Å². The summed E-state index contributed by atoms with van der Waals surface area (Å²) >= 11 is 1.72. The van der Waals surface area contributed by atoms with Crippen LogP contribution in [0.4, 0.5) is 5.82 Å². The average Bonchev–Trinajstić information content (AvgIpc) is 3.29. The van der Waals surface area contributed by atoms with E-state index < -0.39 is 0 Å². The van der Waals surface area contributed by atoms with E-state index in [0.29, 0.717) is 0 Å². The van der Waals surface area contributed by atoms with E-state index in [2.05, 4.69) is 39.6 Å². The van der Waals surface area contributed by atoms with E-state index in [4.69, 9.17) is 0 Å². The molecule has 1 aliphatic carbocycles. The van der Waals surface area contributed by atoms with Gasteiger partial charge in [0.1, 0.15) is 10.8 Å². The lowest BCUT2D eigenvalue weighted by Gasteiger charge is -2.06. The Morgan fingerprint density at radius 1 is 1.16 bits per heavy atom. The Bertz CT molecular complexity index is 526. The van der Waals surface area contributed by atoms with Gasteiger partial charge in [-0.1, -0.05) is 30.3 Å². The highest BCUT2D eigenvalue weighted by molar-refractivity contribution is 7.98. The van der Waals surface area contributed by atoms with E-state index in [1.807, 2.05) is 12.3 Å². The first-order chi connectivity index (χ1) is 9.40. The number of nitrogens with one attached hydrogen (secondary N) is 1. The molecule has 0 bridgehead atoms. The van der Waals surface area contributed by atoms with Gasteiger partial charge in [-0.25, -0.2) is 4.98 Å². The molecular formula is C15H17N3S. The standard InChI is InChI=1S/C15H17N3S/c1-2-4-13(5-3-1)11-19-15-10-16-9-14(18-15)17-8-12-6-7-12/h1-5,9-10,12H,6-8,11H2,(H,17,18). The van der Waals surface area contributed by atoms with Crippen molar-refractivity contribution in [3.8, 4) is 0 Å². The van der Waals surface area contributed by atoms with Gasteiger partial charge in [0.05, 0.1) is 12.4 Å². The highest BCUT2D eigenvalue weighted by Crippen LogP contribution is 2.29. The molecule has 0 atom stereocenters. The van der Waals surface area contributed by atoms with Gasteiger partial charge in [-0.3, -0.25) is 4.98 Å². The van der Waals surface area contributed by atoms with Gasteiger partial charge in [0.25, 0.3) is 0 Å². The largest absolute Gasteiger partial charge is 0.368 e. The Hall–Kier alpha value is -1.55. The summed E-state index contributed by atoms with van der Waals surface area (Å²) in [6.45, 7) is 1.03. The van der Waals surface area contributed by atoms with Gasteiger partial charge in [0.15, 0.2) is 0 Å². The van der Waals surface area contributed by atoms with Crippen LogP contribution in [0.3, 0.4) is 0 Å². The molecule has 1 aromatic carbocycles. The lowest BCUT2D eigenvalue weighted by atomic mass is 10.2. The summed E-state index contributed by atoms with van der Waals surface area (Å²) in [5, 5.41) is 4.33. The van der Waals surface area contributed by atoms with Crippen molar-refractivity contribution in [2.75, 3.05) is 11.9 Å². The molecule has 19 heavy (non-hydrogen) atoms. The predicted octanol–water partition coefficient (Wildman–Crippen LogP) is 3.59. The Labute approximate surface area is 117 Å². The molecular weight excluding hydrogens is 254 g/mol. The first-order valence-electron chi connectivity index (χ1n) is 6.63. The summed E-state index contributed by atoms with van der Waals surface area (Å²) < 4.78 is 0. The summed E-state index contributed by atoms with van der Waals surface area (Å²) in [5.74, 6) is 2.68. The lowest BCUT2D eigenvalue weighted by Crippen LogP contribution is -2.05. The number of hydrogen-bond donors (Lipinski definition) is 1. The first kappa shape index (κ1) is 12.5. The number of nitrogens with zero attached hydrogens (tertiary/aromatic N) is 2. The predicted molar refractivity (Wildman–Crippen MR) is 79.2 cm³/mol. The Balaban J connectivity index is 1.56. The molecule has 3 nitrogen and oxygen atoms in total. The fraction of sp³-hybridized carbons (Fsp3) is 0.333. The smallest absolute Gasteiger partial charge is 0.145 e. The molecule has 1 N–H and O–H groups in total. The van der Waals surface area contributed by atoms with Gasteiger partial charge in [0.2, 0.25) is 0 Å². The second-order valence-electron chi connectivity index (χ2n) is 4.84. The van der Waals surface area contributed by atoms with Crippen LogP contribution in [0.25, 0.3) is 0 Å². The molecule has 4 heteroatoms. The number of aromatic nitrogens is 2. The Morgan fingerprint density at radius 2 is 2.00 bits per heavy atom. The normalized spacial score (nSPS) is 14.3. The third-order valence-corrected chi connectivity index (χ3v) is 4.08. The molecule has 0 unspecified atom stereocenters. The van der Waals surface area contributed by atoms with Gasteiger partial charge in [-0.2, -0.15) is 0 Å². The van der Waals surface area contributed by atoms with Crippen LogP contribution in [0, 0.1) is 5.92 Å². The summed E-state index contributed by atoms with van der Waals surface area (Å²) in [6, 6.07) is 10.4. The van der Waals surface area contributed by atoms with E-state index in [9.17, 15) is 0 Å². The van der Waals surface area contributed by atoms with E-state index >= 15 is 0 Å². The third-order valence-electron chi connectivity index (χ3n) is 3.11. The van der Waals surface area contributed by atoms with Gasteiger partial charge in [-0.05, 0) is 24.3 Å². The quantitative estimate of drug-likeness (QED) is 0.815. The summed E-state index contributed by atoms with van der Waals surface area (Å²) in [6.07, 6.45) is 6.33. The molecule has 98 valence electrons. The lowest BCUT2D eigenvalue weighted by molar-refractivity contribution is 0.874. The molecule has 0 amide bonds. The van der Waals surface area contributed by atoms with Crippen LogP contribution in [0.5, 0.6) is 0 Å². The zero-order valence-electron chi connectivity index (χ0n) is 10.7. The van der Waals surface area contributed by atoms with Crippen LogP contribution in [0.15, 0.2) is 47.8 Å². The van der Waals surface area contributed by atoms with Gasteiger partial charge in [0, 0.05) is 12.3 Å². The van der Waals surface area contributed by atoms with Crippen molar-refractivity contribution in [1.29, 1.82) is 0 Å². The Kier molecular flexibility index (Phi) is 3.98. The van der Waals surface area contributed by atoms with Gasteiger partial charge < -0.3 is 5.32 Å². The van der Waals surface area contributed by atoms with Crippen LogP contribution in [0.2, 0.25) is 0 Å². The minimum atomic E-state index is 0.849. The van der Waals surface area contributed by atoms with Crippen molar-refractivity contribution in [1.82, 2.24) is 9.97 Å². The van der Waals surface area contributed by atoms with Crippen molar-refractivity contribution in [2.45, 2.75) is 23.6 Å². The van der Waals surface area contributed by atoms with Crippen LogP contribution < -0.4 is 5.32 Å². The highest BCUT2D eigenvalue weighted by atomic mass is 32.2. The summed E-state index contributed by atoms with van der Waals surface area (Å²) in [4.78, 5) is 8.83. The maximum Gasteiger partial charge on any atom is 0.145 e. The second kappa shape index (κ2) is 6.06. The van der Waals surface area contributed by atoms with Crippen LogP contribution in [-0.2, 0) is 5.75 Å². The Morgan fingerprint density at radius 3 is 2.79 bits per heavy atom. The van der Waals surface area contributed by atoms with Crippen molar-refractivity contribution < 1.29 is 0 Å². The third kappa shape index (κ3) is 3.96. The zero-order valence-corrected chi connectivity index (χ0v) is 11.6. The van der Waals surface area contributed by atoms with E-state index in [-0.39, 0.29) is 0 Å². The molecule has 1 aromatic heterocycles. The molecule has 0 aliphatic heterocycles. The fourth-order valence-electron chi connectivity index (χ4n) is 1.81. The van der Waals surface area contributed by atoms with Crippen LogP contribution >= 0.6 is 11.8 Å². The summed E-state index contributed by atoms with van der Waals surface area (Å²) in [7, 11) is 0. The first-order valence-corrected chi connectivity index (χ1v) is 7.61.